The Morgan fingerprint density at radius 1 is 1.25 bits per heavy atom. The fourth-order valence-electron chi connectivity index (χ4n) is 4.48. The Bertz CT molecular complexity index is 760. The number of aryl methyl sites for hydroxylation is 1. The highest BCUT2D eigenvalue weighted by molar-refractivity contribution is 7.89. The third kappa shape index (κ3) is 1.93. The second kappa shape index (κ2) is 5.02. The fourth-order valence-corrected chi connectivity index (χ4v) is 6.04. The van der Waals surface area contributed by atoms with Crippen molar-refractivity contribution in [3.63, 3.8) is 0 Å². The van der Waals surface area contributed by atoms with Crippen LogP contribution in [0.3, 0.4) is 0 Å². The van der Waals surface area contributed by atoms with Gasteiger partial charge in [-0.3, -0.25) is 0 Å². The van der Waals surface area contributed by atoms with Gasteiger partial charge in [0.25, 0.3) is 0 Å². The molecule has 3 aliphatic heterocycles. The molecule has 0 amide bonds. The molecule has 4 atom stereocenters. The van der Waals surface area contributed by atoms with E-state index < -0.39 is 27.5 Å². The molecule has 7 heteroatoms. The quantitative estimate of drug-likeness (QED) is 0.825. The smallest absolute Gasteiger partial charge is 0.245 e. The van der Waals surface area contributed by atoms with Crippen LogP contribution in [-0.2, 0) is 24.2 Å². The number of rotatable bonds is 3. The maximum atomic E-state index is 13.1. The summed E-state index contributed by atoms with van der Waals surface area (Å²) >= 11 is 0. The zero-order valence-electron chi connectivity index (χ0n) is 14.4. The van der Waals surface area contributed by atoms with Crippen LogP contribution in [0.15, 0.2) is 29.2 Å². The average molecular weight is 353 g/mol. The van der Waals surface area contributed by atoms with E-state index in [1.54, 1.807) is 31.4 Å². The van der Waals surface area contributed by atoms with Crippen molar-refractivity contribution in [2.45, 2.75) is 49.2 Å². The highest BCUT2D eigenvalue weighted by Gasteiger charge is 2.74. The van der Waals surface area contributed by atoms with Crippen LogP contribution in [0.5, 0.6) is 0 Å². The highest BCUT2D eigenvalue weighted by Crippen LogP contribution is 2.56. The molecule has 0 saturated carbocycles. The summed E-state index contributed by atoms with van der Waals surface area (Å²) in [6.45, 7) is 6.64. The van der Waals surface area contributed by atoms with Crippen LogP contribution in [0, 0.1) is 12.8 Å². The van der Waals surface area contributed by atoms with Gasteiger partial charge in [-0.05, 0) is 32.9 Å². The lowest BCUT2D eigenvalue weighted by Crippen LogP contribution is -2.51. The van der Waals surface area contributed by atoms with Gasteiger partial charge in [-0.15, -0.1) is 0 Å². The van der Waals surface area contributed by atoms with Gasteiger partial charge in [-0.2, -0.15) is 4.31 Å². The van der Waals surface area contributed by atoms with Crippen molar-refractivity contribution < 1.29 is 22.6 Å². The summed E-state index contributed by atoms with van der Waals surface area (Å²) in [7, 11) is -2.05. The van der Waals surface area contributed by atoms with Gasteiger partial charge >= 0.3 is 0 Å². The van der Waals surface area contributed by atoms with Crippen LogP contribution in [0.2, 0.25) is 0 Å². The molecule has 1 aromatic carbocycles. The second-order valence-corrected chi connectivity index (χ2v) is 9.28. The number of ether oxygens (including phenoxy) is 3. The molecule has 3 saturated heterocycles. The Morgan fingerprint density at radius 3 is 2.54 bits per heavy atom. The average Bonchev–Trinajstić information content (AvgIpc) is 3.11. The zero-order chi connectivity index (χ0) is 17.3. The Morgan fingerprint density at radius 2 is 1.92 bits per heavy atom. The fraction of sp³-hybridized carbons (Fsp3) is 0.647. The number of hydrogen-bond acceptors (Lipinski definition) is 5. The topological polar surface area (TPSA) is 65.1 Å². The van der Waals surface area contributed by atoms with Gasteiger partial charge in [0.2, 0.25) is 10.0 Å². The number of hydrogen-bond donors (Lipinski definition) is 0. The Balaban J connectivity index is 1.75. The molecule has 0 N–H and O–H groups in total. The van der Waals surface area contributed by atoms with E-state index in [0.717, 1.165) is 5.56 Å². The number of sulfonamides is 1. The highest BCUT2D eigenvalue weighted by atomic mass is 32.2. The maximum Gasteiger partial charge on any atom is 0.245 e. The molecule has 24 heavy (non-hydrogen) atoms. The molecule has 0 unspecified atom stereocenters. The summed E-state index contributed by atoms with van der Waals surface area (Å²) in [6.07, 6.45) is -0.971. The van der Waals surface area contributed by atoms with E-state index in [1.807, 2.05) is 20.8 Å². The van der Waals surface area contributed by atoms with E-state index in [2.05, 4.69) is 0 Å². The predicted molar refractivity (Wildman–Crippen MR) is 87.0 cm³/mol. The first kappa shape index (κ1) is 16.5. The van der Waals surface area contributed by atoms with Gasteiger partial charge in [0.1, 0.15) is 11.7 Å². The molecule has 0 spiro atoms. The van der Waals surface area contributed by atoms with E-state index >= 15 is 0 Å². The van der Waals surface area contributed by atoms with Gasteiger partial charge < -0.3 is 14.2 Å². The zero-order valence-corrected chi connectivity index (χ0v) is 15.2. The van der Waals surface area contributed by atoms with Crippen LogP contribution in [0.25, 0.3) is 0 Å². The standard InChI is InChI=1S/C17H23NO5S/c1-11-5-7-12(8-6-11)24(19,20)18-9-14-17(21-4)13(10-22-15(17)18)16(2,3)23-14/h5-8,13-15H,9-10H2,1-4H3/t13-,14-,15-,17+/m1/s1. The first-order valence-electron chi connectivity index (χ1n) is 8.16. The van der Waals surface area contributed by atoms with E-state index in [1.165, 1.54) is 4.31 Å². The first-order chi connectivity index (χ1) is 11.2. The van der Waals surface area contributed by atoms with Crippen molar-refractivity contribution in [3.05, 3.63) is 29.8 Å². The van der Waals surface area contributed by atoms with Gasteiger partial charge in [-0.1, -0.05) is 17.7 Å². The van der Waals surface area contributed by atoms with Crippen molar-refractivity contribution in [3.8, 4) is 0 Å². The summed E-state index contributed by atoms with van der Waals surface area (Å²) in [5.74, 6) is 0.00298. The third-order valence-electron chi connectivity index (χ3n) is 5.73. The SMILES string of the molecule is CO[C@]12[C@@H]3CO[C@H]1N(S(=O)(=O)c1ccc(C)cc1)C[C@H]2OC3(C)C. The summed E-state index contributed by atoms with van der Waals surface area (Å²) in [4.78, 5) is 0.269. The van der Waals surface area contributed by atoms with E-state index in [9.17, 15) is 8.42 Å². The van der Waals surface area contributed by atoms with Gasteiger partial charge in [0, 0.05) is 19.6 Å². The van der Waals surface area contributed by atoms with Crippen LogP contribution >= 0.6 is 0 Å². The van der Waals surface area contributed by atoms with Gasteiger partial charge in [0.15, 0.2) is 6.23 Å². The Kier molecular flexibility index (Phi) is 3.44. The molecule has 6 nitrogen and oxygen atoms in total. The number of methoxy groups -OCH3 is 1. The number of benzene rings is 1. The molecule has 3 heterocycles. The summed E-state index contributed by atoms with van der Waals surface area (Å²) in [5.41, 5.74) is -0.112. The molecule has 3 fully saturated rings. The van der Waals surface area contributed by atoms with E-state index in [-0.39, 0.29) is 23.5 Å². The predicted octanol–water partition coefficient (Wildman–Crippen LogP) is 1.53. The van der Waals surface area contributed by atoms with Crippen LogP contribution in [0.1, 0.15) is 19.4 Å². The molecular formula is C17H23NO5S. The van der Waals surface area contributed by atoms with E-state index in [4.69, 9.17) is 14.2 Å². The Hall–Kier alpha value is -0.990. The normalized spacial score (nSPS) is 37.8. The molecule has 0 aliphatic carbocycles. The van der Waals surface area contributed by atoms with Crippen LogP contribution in [0.4, 0.5) is 0 Å². The minimum atomic E-state index is -3.67. The lowest BCUT2D eigenvalue weighted by molar-refractivity contribution is -0.108. The van der Waals surface area contributed by atoms with Gasteiger partial charge in [-0.25, -0.2) is 8.42 Å². The Labute approximate surface area is 142 Å². The lowest BCUT2D eigenvalue weighted by Gasteiger charge is -2.32. The van der Waals surface area contributed by atoms with Crippen molar-refractivity contribution in [1.82, 2.24) is 4.31 Å². The van der Waals surface area contributed by atoms with Crippen LogP contribution in [-0.4, -0.2) is 56.5 Å². The first-order valence-corrected chi connectivity index (χ1v) is 9.60. The molecule has 0 bridgehead atoms. The van der Waals surface area contributed by atoms with Gasteiger partial charge in [0.05, 0.1) is 17.1 Å². The molecule has 0 radical (unpaired) electrons. The summed E-state index contributed by atoms with van der Waals surface area (Å²) < 4.78 is 45.6. The largest absolute Gasteiger partial charge is 0.371 e. The molecule has 1 aromatic rings. The van der Waals surface area contributed by atoms with Crippen molar-refractivity contribution in [2.75, 3.05) is 20.3 Å². The minimum Gasteiger partial charge on any atom is -0.371 e. The molecule has 132 valence electrons. The molecule has 0 aromatic heterocycles. The number of nitrogens with zero attached hydrogens (tertiary/aromatic N) is 1. The molecule has 3 aliphatic rings. The molecular weight excluding hydrogens is 330 g/mol. The van der Waals surface area contributed by atoms with Crippen molar-refractivity contribution in [1.29, 1.82) is 0 Å². The maximum absolute atomic E-state index is 13.1. The minimum absolute atomic E-state index is 0.00298. The summed E-state index contributed by atoms with van der Waals surface area (Å²) in [6, 6.07) is 6.87. The van der Waals surface area contributed by atoms with E-state index in [0.29, 0.717) is 6.61 Å². The third-order valence-corrected chi connectivity index (χ3v) is 7.55. The monoisotopic (exact) mass is 353 g/mol. The lowest BCUT2D eigenvalue weighted by atomic mass is 9.80. The van der Waals surface area contributed by atoms with Crippen molar-refractivity contribution >= 4 is 10.0 Å². The molecule has 4 rings (SSSR count). The summed E-state index contributed by atoms with van der Waals surface area (Å²) in [5, 5.41) is 0. The van der Waals surface area contributed by atoms with Crippen molar-refractivity contribution in [2.24, 2.45) is 5.92 Å². The van der Waals surface area contributed by atoms with Crippen LogP contribution < -0.4 is 0 Å². The second-order valence-electron chi connectivity index (χ2n) is 7.39.